The molecule has 0 unspecified atom stereocenters. The first-order valence-corrected chi connectivity index (χ1v) is 9.03. The Labute approximate surface area is 160 Å². The standard InChI is InChI=1S/C24H36N/c1-17-10-11-21(18(2)12-17)22-13-19(14-23(3,4)5)20(16-25(22)9)15-24(6,7)8/h10-13,16H,14-15H2,1-9H3/q+1/i14D2,15D2. The van der Waals surface area contributed by atoms with Crippen LogP contribution in [0.3, 0.4) is 0 Å². The Morgan fingerprint density at radius 3 is 1.96 bits per heavy atom. The van der Waals surface area contributed by atoms with Crippen molar-refractivity contribution in [3.05, 3.63) is 52.7 Å². The fraction of sp³-hybridized carbons (Fsp3) is 0.542. The summed E-state index contributed by atoms with van der Waals surface area (Å²) in [6, 6.07) is 8.11. The van der Waals surface area contributed by atoms with E-state index in [2.05, 4.69) is 32.0 Å². The van der Waals surface area contributed by atoms with Gasteiger partial charge in [-0.25, -0.2) is 4.57 Å². The Bertz CT molecular complexity index is 916. The molecule has 0 saturated heterocycles. The van der Waals surface area contributed by atoms with E-state index < -0.39 is 23.6 Å². The largest absolute Gasteiger partial charge is 0.212 e. The summed E-state index contributed by atoms with van der Waals surface area (Å²) in [4.78, 5) is 0. The molecule has 1 heterocycles. The van der Waals surface area contributed by atoms with Gasteiger partial charge in [0.2, 0.25) is 5.69 Å². The molecule has 0 atom stereocenters. The molecule has 0 aliphatic carbocycles. The fourth-order valence-electron chi connectivity index (χ4n) is 3.03. The molecule has 136 valence electrons. The Hall–Kier alpha value is -1.63. The number of pyridine rings is 1. The van der Waals surface area contributed by atoms with Crippen LogP contribution in [-0.4, -0.2) is 0 Å². The van der Waals surface area contributed by atoms with Crippen molar-refractivity contribution in [1.29, 1.82) is 0 Å². The van der Waals surface area contributed by atoms with Crippen molar-refractivity contribution in [1.82, 2.24) is 0 Å². The van der Waals surface area contributed by atoms with Gasteiger partial charge in [-0.1, -0.05) is 59.2 Å². The molecule has 1 aromatic carbocycles. The molecule has 0 saturated carbocycles. The first kappa shape index (κ1) is 14.5. The first-order valence-electron chi connectivity index (χ1n) is 11.0. The van der Waals surface area contributed by atoms with Gasteiger partial charge in [0.1, 0.15) is 7.05 Å². The Morgan fingerprint density at radius 2 is 1.44 bits per heavy atom. The third-order valence-corrected chi connectivity index (χ3v) is 3.95. The van der Waals surface area contributed by atoms with Crippen LogP contribution in [0.15, 0.2) is 30.5 Å². The van der Waals surface area contributed by atoms with Gasteiger partial charge in [0.15, 0.2) is 6.20 Å². The van der Waals surface area contributed by atoms with E-state index in [1.807, 2.05) is 59.2 Å². The lowest BCUT2D eigenvalue weighted by atomic mass is 9.81. The third kappa shape index (κ3) is 5.42. The summed E-state index contributed by atoms with van der Waals surface area (Å²) >= 11 is 0. The van der Waals surface area contributed by atoms with E-state index >= 15 is 0 Å². The molecule has 0 radical (unpaired) electrons. The van der Waals surface area contributed by atoms with Crippen molar-refractivity contribution in [3.8, 4) is 11.3 Å². The van der Waals surface area contributed by atoms with Gasteiger partial charge in [0, 0.05) is 22.7 Å². The summed E-state index contributed by atoms with van der Waals surface area (Å²) in [5, 5.41) is 0. The van der Waals surface area contributed by atoms with Crippen molar-refractivity contribution in [3.63, 3.8) is 0 Å². The number of hydrogen-bond acceptors (Lipinski definition) is 0. The molecule has 0 aliphatic heterocycles. The van der Waals surface area contributed by atoms with Crippen molar-refractivity contribution < 1.29 is 10.1 Å². The van der Waals surface area contributed by atoms with Gasteiger partial charge in [0.25, 0.3) is 0 Å². The zero-order valence-electron chi connectivity index (χ0n) is 21.3. The molecule has 25 heavy (non-hydrogen) atoms. The van der Waals surface area contributed by atoms with Gasteiger partial charge in [-0.15, -0.1) is 0 Å². The molecule has 0 bridgehead atoms. The quantitative estimate of drug-likeness (QED) is 0.605. The number of nitrogens with zero attached hydrogens (tertiary/aromatic N) is 1. The van der Waals surface area contributed by atoms with Crippen LogP contribution in [0, 0.1) is 24.7 Å². The maximum atomic E-state index is 8.95. The number of aromatic nitrogens is 1. The van der Waals surface area contributed by atoms with E-state index in [1.165, 1.54) is 5.56 Å². The molecule has 1 heteroatoms. The molecule has 0 amide bonds. The predicted molar refractivity (Wildman–Crippen MR) is 109 cm³/mol. The van der Waals surface area contributed by atoms with E-state index in [4.69, 9.17) is 5.48 Å². The topological polar surface area (TPSA) is 3.88 Å². The van der Waals surface area contributed by atoms with Gasteiger partial charge in [-0.3, -0.25) is 0 Å². The second-order valence-corrected chi connectivity index (χ2v) is 9.17. The fourth-order valence-corrected chi connectivity index (χ4v) is 3.03. The zero-order chi connectivity index (χ0) is 22.6. The lowest BCUT2D eigenvalue weighted by Crippen LogP contribution is -2.33. The number of benzene rings is 1. The van der Waals surface area contributed by atoms with Gasteiger partial charge >= 0.3 is 0 Å². The van der Waals surface area contributed by atoms with Crippen LogP contribution in [0.1, 0.15) is 69.3 Å². The van der Waals surface area contributed by atoms with Crippen LogP contribution >= 0.6 is 0 Å². The second-order valence-electron chi connectivity index (χ2n) is 9.17. The summed E-state index contributed by atoms with van der Waals surface area (Å²) in [5.41, 5.74) is 3.71. The van der Waals surface area contributed by atoms with E-state index in [0.717, 1.165) is 16.8 Å². The van der Waals surface area contributed by atoms with Crippen molar-refractivity contribution in [2.24, 2.45) is 17.9 Å². The number of rotatable bonds is 3. The average Bonchev–Trinajstić information content (AvgIpc) is 2.52. The van der Waals surface area contributed by atoms with Crippen LogP contribution in [0.5, 0.6) is 0 Å². The zero-order valence-corrected chi connectivity index (χ0v) is 17.3. The Morgan fingerprint density at radius 1 is 0.880 bits per heavy atom. The van der Waals surface area contributed by atoms with Gasteiger partial charge in [0.05, 0.1) is 0 Å². The minimum absolute atomic E-state index is 0.418. The Kier molecular flexibility index (Phi) is 4.03. The Balaban J connectivity index is 2.93. The lowest BCUT2D eigenvalue weighted by Gasteiger charge is -2.24. The van der Waals surface area contributed by atoms with Gasteiger partial charge in [-0.05, 0) is 54.6 Å². The molecular formula is C24H36N+. The molecular weight excluding hydrogens is 302 g/mol. The van der Waals surface area contributed by atoms with Crippen molar-refractivity contribution >= 4 is 0 Å². The normalized spacial score (nSPS) is 16.0. The summed E-state index contributed by atoms with van der Waals surface area (Å²) in [7, 11) is 1.91. The molecule has 1 aromatic heterocycles. The van der Waals surface area contributed by atoms with E-state index in [-0.39, 0.29) is 0 Å². The van der Waals surface area contributed by atoms with E-state index in [0.29, 0.717) is 11.1 Å². The number of aryl methyl sites for hydroxylation is 3. The minimum atomic E-state index is -1.71. The van der Waals surface area contributed by atoms with Gasteiger partial charge in [-0.2, -0.15) is 0 Å². The van der Waals surface area contributed by atoms with Gasteiger partial charge < -0.3 is 0 Å². The molecule has 0 spiro atoms. The predicted octanol–water partition coefficient (Wildman–Crippen LogP) is 5.97. The summed E-state index contributed by atoms with van der Waals surface area (Å²) in [5.74, 6) is 0. The maximum Gasteiger partial charge on any atom is 0.212 e. The highest BCUT2D eigenvalue weighted by molar-refractivity contribution is 5.62. The summed E-state index contributed by atoms with van der Waals surface area (Å²) in [6.45, 7) is 15.3. The molecule has 0 fully saturated rings. The highest BCUT2D eigenvalue weighted by Crippen LogP contribution is 2.30. The van der Waals surface area contributed by atoms with Crippen LogP contribution in [0.25, 0.3) is 11.3 Å². The van der Waals surface area contributed by atoms with Crippen molar-refractivity contribution in [2.45, 2.75) is 68.1 Å². The van der Waals surface area contributed by atoms with Crippen LogP contribution in [-0.2, 0) is 19.8 Å². The monoisotopic (exact) mass is 342 g/mol. The molecule has 0 aliphatic rings. The van der Waals surface area contributed by atoms with E-state index in [1.54, 1.807) is 6.20 Å². The summed E-state index contributed by atoms with van der Waals surface area (Å²) in [6.07, 6.45) is -1.61. The second kappa shape index (κ2) is 6.94. The highest BCUT2D eigenvalue weighted by Gasteiger charge is 2.23. The smallest absolute Gasteiger partial charge is 0.201 e. The van der Waals surface area contributed by atoms with Crippen molar-refractivity contribution in [2.75, 3.05) is 0 Å². The molecule has 1 nitrogen and oxygen atoms in total. The van der Waals surface area contributed by atoms with Crippen LogP contribution in [0.2, 0.25) is 0 Å². The van der Waals surface area contributed by atoms with Crippen LogP contribution in [0.4, 0.5) is 0 Å². The summed E-state index contributed by atoms with van der Waals surface area (Å²) < 4.78 is 37.6. The first-order chi connectivity index (χ1) is 12.9. The molecule has 0 N–H and O–H groups in total. The molecule has 2 aromatic rings. The third-order valence-electron chi connectivity index (χ3n) is 3.95. The maximum absolute atomic E-state index is 8.95. The molecule has 2 rings (SSSR count). The van der Waals surface area contributed by atoms with Crippen LogP contribution < -0.4 is 4.57 Å². The highest BCUT2D eigenvalue weighted by atomic mass is 14.9. The average molecular weight is 343 g/mol. The number of hydrogen-bond donors (Lipinski definition) is 0. The lowest BCUT2D eigenvalue weighted by molar-refractivity contribution is -0.660. The minimum Gasteiger partial charge on any atom is -0.201 e. The SMILES string of the molecule is [2H]C([2H])(c1cc(-c2ccc(C)cc2C)[n+](C)cc1C([2H])([2H])C(C)(C)C)C(C)(C)C. The van der Waals surface area contributed by atoms with E-state index in [9.17, 15) is 0 Å².